The molecule has 0 saturated carbocycles. The van der Waals surface area contributed by atoms with Crippen molar-refractivity contribution in [1.82, 2.24) is 10.8 Å². The molecule has 5 aromatic carbocycles. The average Bonchev–Trinajstić information content (AvgIpc) is 4.14. The lowest BCUT2D eigenvalue weighted by molar-refractivity contribution is -0.401. The fraction of sp³-hybridized carbons (Fsp3) is 0.413. The normalized spacial score (nSPS) is 16.7. The minimum Gasteiger partial charge on any atom is -0.493 e. The van der Waals surface area contributed by atoms with E-state index in [-0.39, 0.29) is 67.4 Å². The molecule has 16 heteroatoms. The molecule has 4 atom stereocenters. The second kappa shape index (κ2) is 25.4. The lowest BCUT2D eigenvalue weighted by Crippen LogP contribution is -2.39. The molecule has 16 nitrogen and oxygen atoms in total. The standard InChI is InChI=1S/C63H72N6O10/c1-7-64-79-25-15-14-19-50(70)18-10-13-22-60(72)65-41(4)56(71)27-40(3)61(73)66-47-29-42(37-77-57-35-55-52(26-39(57)2)63(75)69-49(36-67(55)5)32-46-17-9-12-21-54(46)69)28-43(30-47)38-78-59-33-44-23-24-48-31-45-16-8-11-20-53(45)68(48)62(74)51(44)34-58(59)76-6/h8-9,11-12,16-17,20-21,26,28-30,33-35,40-41,48-49,64H,7,10,13-15,18-19,22-25,27,31-32,37-38H2,1-6H3,(H,65,72)(H,66,73)/t40-,41+,48-,49+/m1/s1. The first-order valence-electron chi connectivity index (χ1n) is 27.8. The van der Waals surface area contributed by atoms with E-state index in [0.29, 0.717) is 96.0 Å². The molecule has 4 aliphatic rings. The predicted octanol–water partition coefficient (Wildman–Crippen LogP) is 9.37. The molecule has 3 N–H and O–H groups in total. The number of amides is 4. The maximum Gasteiger partial charge on any atom is 0.258 e. The highest BCUT2D eigenvalue weighted by Crippen LogP contribution is 2.42. The van der Waals surface area contributed by atoms with Gasteiger partial charge in [0.25, 0.3) is 5.91 Å². The molecule has 0 radical (unpaired) electrons. The summed E-state index contributed by atoms with van der Waals surface area (Å²) in [4.78, 5) is 89.8. The molecular formula is C63H72N6O10. The zero-order valence-corrected chi connectivity index (χ0v) is 46.2. The first kappa shape index (κ1) is 56.0. The van der Waals surface area contributed by atoms with E-state index >= 15 is 0 Å². The van der Waals surface area contributed by atoms with Gasteiger partial charge in [-0.3, -0.25) is 28.8 Å². The lowest BCUT2D eigenvalue weighted by Gasteiger charge is -2.23. The van der Waals surface area contributed by atoms with E-state index in [0.717, 1.165) is 60.3 Å². The third-order valence-corrected chi connectivity index (χ3v) is 15.3. The number of para-hydroxylation sites is 2. The summed E-state index contributed by atoms with van der Waals surface area (Å²) in [5.74, 6) is -0.264. The Kier molecular flexibility index (Phi) is 18.0. The number of benzene rings is 5. The van der Waals surface area contributed by atoms with Crippen molar-refractivity contribution in [3.8, 4) is 17.2 Å². The van der Waals surface area contributed by atoms with Gasteiger partial charge in [-0.1, -0.05) is 56.3 Å². The van der Waals surface area contributed by atoms with E-state index in [1.165, 1.54) is 5.56 Å². The van der Waals surface area contributed by atoms with Crippen molar-refractivity contribution in [3.63, 3.8) is 0 Å². The van der Waals surface area contributed by atoms with Crippen LogP contribution in [-0.4, -0.2) is 91.4 Å². The number of hydrogen-bond donors (Lipinski definition) is 3. The number of rotatable bonds is 25. The maximum absolute atomic E-state index is 14.2. The van der Waals surface area contributed by atoms with Crippen molar-refractivity contribution in [2.24, 2.45) is 5.92 Å². The van der Waals surface area contributed by atoms with Crippen LogP contribution in [0.3, 0.4) is 0 Å². The van der Waals surface area contributed by atoms with Gasteiger partial charge in [0, 0.05) is 84.6 Å². The van der Waals surface area contributed by atoms with E-state index in [1.54, 1.807) is 27.0 Å². The highest BCUT2D eigenvalue weighted by atomic mass is 16.6. The van der Waals surface area contributed by atoms with Crippen LogP contribution in [-0.2, 0) is 56.5 Å². The third-order valence-electron chi connectivity index (χ3n) is 15.3. The predicted molar refractivity (Wildman–Crippen MR) is 302 cm³/mol. The molecule has 4 heterocycles. The zero-order chi connectivity index (χ0) is 55.7. The van der Waals surface area contributed by atoms with Crippen molar-refractivity contribution in [3.05, 3.63) is 136 Å². The van der Waals surface area contributed by atoms with E-state index < -0.39 is 17.9 Å². The lowest BCUT2D eigenvalue weighted by atomic mass is 9.99. The SMILES string of the molecule is CCNOCCCCC(=O)CCCCC(=O)N[C@@H](C)C(=O)C[C@@H](C)C(=O)Nc1cc(COc2cc3c(cc2C)C(=O)N2c4ccccc4C[C@H]2[C-]=[N+]3C)cc(COc2cc3c(cc2OC)C(=O)N2c4ccccc4C[C@H]2CC3)c1. The van der Waals surface area contributed by atoms with Gasteiger partial charge in [-0.05, 0) is 147 Å². The van der Waals surface area contributed by atoms with Crippen LogP contribution in [0.5, 0.6) is 17.2 Å². The van der Waals surface area contributed by atoms with Gasteiger partial charge < -0.3 is 44.1 Å². The van der Waals surface area contributed by atoms with Crippen molar-refractivity contribution in [1.29, 1.82) is 0 Å². The number of methoxy groups -OCH3 is 1. The number of unbranched alkanes of at least 4 members (excludes halogenated alkanes) is 2. The molecule has 0 bridgehead atoms. The molecule has 0 unspecified atom stereocenters. The van der Waals surface area contributed by atoms with Crippen LogP contribution in [0.4, 0.5) is 22.7 Å². The van der Waals surface area contributed by atoms with Crippen LogP contribution >= 0.6 is 0 Å². The molecule has 9 rings (SSSR count). The number of fused-ring (bicyclic) bond motifs is 8. The maximum atomic E-state index is 14.2. The molecular weight excluding hydrogens is 1000 g/mol. The van der Waals surface area contributed by atoms with Crippen LogP contribution < -0.4 is 40.1 Å². The second-order valence-electron chi connectivity index (χ2n) is 21.2. The molecule has 4 aliphatic heterocycles. The Morgan fingerprint density at radius 2 is 1.41 bits per heavy atom. The molecule has 0 aliphatic carbocycles. The first-order valence-corrected chi connectivity index (χ1v) is 27.8. The number of hydrogen-bond acceptors (Lipinski definition) is 11. The average molecular weight is 1070 g/mol. The molecule has 414 valence electrons. The van der Waals surface area contributed by atoms with Crippen LogP contribution in [0.15, 0.2) is 91.0 Å². The van der Waals surface area contributed by atoms with Crippen LogP contribution in [0.2, 0.25) is 0 Å². The minimum absolute atomic E-state index is 0.0574. The number of carbonyl (C=O) groups excluding carboxylic acids is 6. The van der Waals surface area contributed by atoms with Gasteiger partial charge in [-0.15, -0.1) is 0 Å². The van der Waals surface area contributed by atoms with E-state index in [4.69, 9.17) is 19.0 Å². The zero-order valence-electron chi connectivity index (χ0n) is 46.2. The largest absolute Gasteiger partial charge is 0.493 e. The number of nitrogens with one attached hydrogen (secondary N) is 3. The fourth-order valence-corrected chi connectivity index (χ4v) is 11.1. The number of carbonyl (C=O) groups is 6. The Labute approximate surface area is 462 Å². The summed E-state index contributed by atoms with van der Waals surface area (Å²) in [6, 6.07) is 28.0. The summed E-state index contributed by atoms with van der Waals surface area (Å²) in [5, 5.41) is 5.79. The summed E-state index contributed by atoms with van der Waals surface area (Å²) in [6.45, 7) is 8.57. The van der Waals surface area contributed by atoms with Crippen LogP contribution in [0.25, 0.3) is 0 Å². The van der Waals surface area contributed by atoms with Gasteiger partial charge >= 0.3 is 0 Å². The number of Topliss-reactive ketones (excluding diaryl/α,β-unsaturated/α-hetero) is 2. The molecule has 79 heavy (non-hydrogen) atoms. The molecule has 0 fully saturated rings. The van der Waals surface area contributed by atoms with Gasteiger partial charge in [0.1, 0.15) is 31.8 Å². The summed E-state index contributed by atoms with van der Waals surface area (Å²) < 4.78 is 20.8. The monoisotopic (exact) mass is 1070 g/mol. The number of nitrogens with zero attached hydrogens (tertiary/aromatic N) is 3. The van der Waals surface area contributed by atoms with E-state index in [2.05, 4.69) is 28.4 Å². The highest BCUT2D eigenvalue weighted by molar-refractivity contribution is 6.13. The Morgan fingerprint density at radius 1 is 0.747 bits per heavy atom. The fourth-order valence-electron chi connectivity index (χ4n) is 11.1. The van der Waals surface area contributed by atoms with Gasteiger partial charge in [0.05, 0.1) is 25.4 Å². The Bertz CT molecular complexity index is 3170. The van der Waals surface area contributed by atoms with Gasteiger partial charge in [0.2, 0.25) is 17.7 Å². The van der Waals surface area contributed by atoms with Gasteiger partial charge in [0.15, 0.2) is 17.3 Å². The van der Waals surface area contributed by atoms with Crippen LogP contribution in [0, 0.1) is 12.8 Å². The number of anilines is 3. The van der Waals surface area contributed by atoms with Crippen molar-refractivity contribution < 1.29 is 52.4 Å². The van der Waals surface area contributed by atoms with Crippen LogP contribution in [0.1, 0.15) is 133 Å². The number of aryl methyl sites for hydroxylation is 2. The Balaban J connectivity index is 0.875. The smallest absolute Gasteiger partial charge is 0.258 e. The summed E-state index contributed by atoms with van der Waals surface area (Å²) in [6.07, 6.45) is 10.1. The minimum atomic E-state index is -0.811. The summed E-state index contributed by atoms with van der Waals surface area (Å²) in [7, 11) is 3.44. The van der Waals surface area contributed by atoms with Crippen molar-refractivity contribution >= 4 is 64.2 Å². The van der Waals surface area contributed by atoms with Gasteiger partial charge in [-0.2, -0.15) is 0 Å². The third kappa shape index (κ3) is 13.1. The van der Waals surface area contributed by atoms with E-state index in [1.807, 2.05) is 114 Å². The quantitative estimate of drug-likeness (QED) is 0.0219. The van der Waals surface area contributed by atoms with Crippen molar-refractivity contribution in [2.45, 2.75) is 136 Å². The summed E-state index contributed by atoms with van der Waals surface area (Å²) >= 11 is 0. The topological polar surface area (TPSA) is 185 Å². The number of hydroxylamine groups is 1. The molecule has 5 aromatic rings. The highest BCUT2D eigenvalue weighted by Gasteiger charge is 2.38. The first-order chi connectivity index (χ1) is 38.2. The number of ether oxygens (including phenoxy) is 3. The Morgan fingerprint density at radius 3 is 2.13 bits per heavy atom. The van der Waals surface area contributed by atoms with Gasteiger partial charge in [-0.25, -0.2) is 5.48 Å². The molecule has 0 saturated heterocycles. The Hall–Kier alpha value is -7.69. The molecule has 0 spiro atoms. The molecule has 0 aromatic heterocycles. The number of ketones is 2. The second-order valence-corrected chi connectivity index (χ2v) is 21.2. The molecule has 4 amide bonds. The summed E-state index contributed by atoms with van der Waals surface area (Å²) in [5.41, 5.74) is 12.2. The van der Waals surface area contributed by atoms with E-state index in [9.17, 15) is 28.8 Å². The van der Waals surface area contributed by atoms with Crippen molar-refractivity contribution in [2.75, 3.05) is 42.4 Å².